The smallest absolute Gasteiger partial charge is 0.211 e. The van der Waals surface area contributed by atoms with Crippen molar-refractivity contribution in [1.29, 1.82) is 0 Å². The first-order valence-electron chi connectivity index (χ1n) is 4.41. The van der Waals surface area contributed by atoms with E-state index in [0.29, 0.717) is 6.54 Å². The van der Waals surface area contributed by atoms with Crippen molar-refractivity contribution >= 4 is 21.4 Å². The summed E-state index contributed by atoms with van der Waals surface area (Å²) in [6, 6.07) is 0. The summed E-state index contributed by atoms with van der Waals surface area (Å²) in [5.41, 5.74) is 2.77. The third-order valence-corrected chi connectivity index (χ3v) is 4.30. The maximum atomic E-state index is 11.1. The van der Waals surface area contributed by atoms with Crippen LogP contribution in [-0.4, -0.2) is 25.7 Å². The third kappa shape index (κ3) is 3.36. The molecule has 1 N–H and O–H groups in total. The number of aryl methyl sites for hydroxylation is 1. The van der Waals surface area contributed by atoms with Gasteiger partial charge in [-0.1, -0.05) is 0 Å². The highest BCUT2D eigenvalue weighted by molar-refractivity contribution is 7.89. The highest BCUT2D eigenvalue weighted by atomic mass is 32.2. The van der Waals surface area contributed by atoms with E-state index < -0.39 is 10.0 Å². The second-order valence-electron chi connectivity index (χ2n) is 2.91. The van der Waals surface area contributed by atoms with E-state index in [1.165, 1.54) is 0 Å². The Morgan fingerprint density at radius 3 is 2.79 bits per heavy atom. The van der Waals surface area contributed by atoms with Gasteiger partial charge in [-0.25, -0.2) is 18.1 Å². The molecule has 0 aliphatic rings. The van der Waals surface area contributed by atoms with Crippen LogP contribution in [0.25, 0.3) is 0 Å². The maximum absolute atomic E-state index is 11.1. The van der Waals surface area contributed by atoms with Gasteiger partial charge in [-0.2, -0.15) is 0 Å². The van der Waals surface area contributed by atoms with Crippen molar-refractivity contribution < 1.29 is 8.42 Å². The Morgan fingerprint density at radius 2 is 2.29 bits per heavy atom. The summed E-state index contributed by atoms with van der Waals surface area (Å²) >= 11 is 1.56. The second kappa shape index (κ2) is 4.86. The van der Waals surface area contributed by atoms with Crippen LogP contribution in [0.3, 0.4) is 0 Å². The van der Waals surface area contributed by atoms with E-state index in [4.69, 9.17) is 0 Å². The van der Waals surface area contributed by atoms with Gasteiger partial charge in [0, 0.05) is 11.4 Å². The molecule has 0 saturated carbocycles. The SMILES string of the molecule is CCS(=O)(=O)NCCc1scnc1C. The summed E-state index contributed by atoms with van der Waals surface area (Å²) in [5, 5.41) is 0. The molecule has 0 aromatic carbocycles. The van der Waals surface area contributed by atoms with Crippen molar-refractivity contribution in [3.63, 3.8) is 0 Å². The van der Waals surface area contributed by atoms with Gasteiger partial charge in [0.1, 0.15) is 0 Å². The summed E-state index contributed by atoms with van der Waals surface area (Å²) < 4.78 is 24.7. The Kier molecular flexibility index (Phi) is 4.03. The Bertz CT molecular complexity index is 384. The minimum Gasteiger partial charge on any atom is -0.250 e. The number of hydrogen-bond acceptors (Lipinski definition) is 4. The van der Waals surface area contributed by atoms with Gasteiger partial charge in [0.15, 0.2) is 0 Å². The van der Waals surface area contributed by atoms with E-state index in [0.717, 1.165) is 17.0 Å². The van der Waals surface area contributed by atoms with E-state index in [-0.39, 0.29) is 5.75 Å². The molecule has 0 radical (unpaired) electrons. The lowest BCUT2D eigenvalue weighted by molar-refractivity contribution is 0.583. The molecule has 0 unspecified atom stereocenters. The predicted octanol–water partition coefficient (Wildman–Crippen LogP) is 0.933. The standard InChI is InChI=1S/C8H14N2O2S2/c1-3-14(11,12)10-5-4-8-7(2)9-6-13-8/h6,10H,3-5H2,1-2H3. The summed E-state index contributed by atoms with van der Waals surface area (Å²) in [6.45, 7) is 4.01. The number of rotatable bonds is 5. The zero-order chi connectivity index (χ0) is 10.6. The van der Waals surface area contributed by atoms with Crippen LogP contribution in [0.15, 0.2) is 5.51 Å². The summed E-state index contributed by atoms with van der Waals surface area (Å²) in [4.78, 5) is 5.24. The summed E-state index contributed by atoms with van der Waals surface area (Å²) in [5.74, 6) is 0.134. The lowest BCUT2D eigenvalue weighted by Gasteiger charge is -2.02. The molecule has 0 fully saturated rings. The van der Waals surface area contributed by atoms with Crippen LogP contribution in [0.1, 0.15) is 17.5 Å². The van der Waals surface area contributed by atoms with Gasteiger partial charge in [0.2, 0.25) is 10.0 Å². The first-order chi connectivity index (χ1) is 6.55. The van der Waals surface area contributed by atoms with Gasteiger partial charge < -0.3 is 0 Å². The monoisotopic (exact) mass is 234 g/mol. The number of aromatic nitrogens is 1. The Hall–Kier alpha value is -0.460. The van der Waals surface area contributed by atoms with Crippen molar-refractivity contribution in [2.75, 3.05) is 12.3 Å². The summed E-state index contributed by atoms with van der Waals surface area (Å²) in [7, 11) is -3.05. The molecule has 1 heterocycles. The molecule has 0 saturated heterocycles. The van der Waals surface area contributed by atoms with Crippen molar-refractivity contribution in [2.24, 2.45) is 0 Å². The molecule has 6 heteroatoms. The molecule has 0 spiro atoms. The van der Waals surface area contributed by atoms with E-state index in [9.17, 15) is 8.42 Å². The molecule has 1 aromatic rings. The fourth-order valence-electron chi connectivity index (χ4n) is 0.988. The molecule has 0 aliphatic carbocycles. The van der Waals surface area contributed by atoms with Gasteiger partial charge in [0.25, 0.3) is 0 Å². The average Bonchev–Trinajstić information content (AvgIpc) is 2.52. The highest BCUT2D eigenvalue weighted by Gasteiger charge is 2.06. The molecule has 1 aromatic heterocycles. The van der Waals surface area contributed by atoms with E-state index >= 15 is 0 Å². The lowest BCUT2D eigenvalue weighted by atomic mass is 10.3. The topological polar surface area (TPSA) is 59.1 Å². The maximum Gasteiger partial charge on any atom is 0.211 e. The quantitative estimate of drug-likeness (QED) is 0.824. The van der Waals surface area contributed by atoms with Crippen molar-refractivity contribution in [2.45, 2.75) is 20.3 Å². The van der Waals surface area contributed by atoms with Crippen LogP contribution < -0.4 is 4.72 Å². The lowest BCUT2D eigenvalue weighted by Crippen LogP contribution is -2.27. The molecule has 1 rings (SSSR count). The minimum absolute atomic E-state index is 0.134. The zero-order valence-corrected chi connectivity index (χ0v) is 9.91. The largest absolute Gasteiger partial charge is 0.250 e. The molecule has 0 atom stereocenters. The van der Waals surface area contributed by atoms with E-state index in [2.05, 4.69) is 9.71 Å². The summed E-state index contributed by atoms with van der Waals surface area (Å²) in [6.07, 6.45) is 0.718. The fourth-order valence-corrected chi connectivity index (χ4v) is 2.39. The molecule has 4 nitrogen and oxygen atoms in total. The van der Waals surface area contributed by atoms with Crippen molar-refractivity contribution in [3.05, 3.63) is 16.1 Å². The van der Waals surface area contributed by atoms with Gasteiger partial charge in [-0.05, 0) is 20.3 Å². The Balaban J connectivity index is 2.40. The van der Waals surface area contributed by atoms with Crippen LogP contribution in [0.2, 0.25) is 0 Å². The van der Waals surface area contributed by atoms with Gasteiger partial charge in [0.05, 0.1) is 17.0 Å². The molecular formula is C8H14N2O2S2. The zero-order valence-electron chi connectivity index (χ0n) is 8.28. The van der Waals surface area contributed by atoms with Gasteiger partial charge >= 0.3 is 0 Å². The van der Waals surface area contributed by atoms with Crippen LogP contribution in [0, 0.1) is 6.92 Å². The average molecular weight is 234 g/mol. The molecule has 14 heavy (non-hydrogen) atoms. The number of thiazole rings is 1. The Morgan fingerprint density at radius 1 is 1.57 bits per heavy atom. The molecule has 0 amide bonds. The third-order valence-electron chi connectivity index (χ3n) is 1.90. The number of sulfonamides is 1. The van der Waals surface area contributed by atoms with Crippen LogP contribution in [-0.2, 0) is 16.4 Å². The van der Waals surface area contributed by atoms with Crippen LogP contribution in [0.5, 0.6) is 0 Å². The van der Waals surface area contributed by atoms with E-state index in [1.54, 1.807) is 23.8 Å². The second-order valence-corrected chi connectivity index (χ2v) is 5.94. The van der Waals surface area contributed by atoms with Crippen molar-refractivity contribution in [3.8, 4) is 0 Å². The predicted molar refractivity (Wildman–Crippen MR) is 58.0 cm³/mol. The normalized spacial score (nSPS) is 11.9. The van der Waals surface area contributed by atoms with Crippen LogP contribution >= 0.6 is 11.3 Å². The minimum atomic E-state index is -3.05. The van der Waals surface area contributed by atoms with Crippen LogP contribution in [0.4, 0.5) is 0 Å². The first kappa shape index (κ1) is 11.6. The molecular weight excluding hydrogens is 220 g/mol. The van der Waals surface area contributed by atoms with Gasteiger partial charge in [-0.15, -0.1) is 11.3 Å². The van der Waals surface area contributed by atoms with Crippen molar-refractivity contribution in [1.82, 2.24) is 9.71 Å². The molecule has 0 bridgehead atoms. The number of hydrogen-bond donors (Lipinski definition) is 1. The van der Waals surface area contributed by atoms with E-state index in [1.807, 2.05) is 6.92 Å². The highest BCUT2D eigenvalue weighted by Crippen LogP contribution is 2.11. The first-order valence-corrected chi connectivity index (χ1v) is 6.94. The van der Waals surface area contributed by atoms with Gasteiger partial charge in [-0.3, -0.25) is 0 Å². The number of nitrogens with zero attached hydrogens (tertiary/aromatic N) is 1. The molecule has 80 valence electrons. The number of nitrogens with one attached hydrogen (secondary N) is 1. The fraction of sp³-hybridized carbons (Fsp3) is 0.625. The molecule has 0 aliphatic heterocycles. The Labute approximate surface area is 88.4 Å².